The van der Waals surface area contributed by atoms with Gasteiger partial charge in [0.25, 0.3) is 0 Å². The lowest BCUT2D eigenvalue weighted by Gasteiger charge is -1.97. The third kappa shape index (κ3) is 3.65. The Kier molecular flexibility index (Phi) is 4.10. The van der Waals surface area contributed by atoms with Crippen LogP contribution in [0, 0.1) is 0 Å². The number of allylic oxidation sites excluding steroid dienone is 3. The van der Waals surface area contributed by atoms with E-state index in [1.165, 1.54) is 0 Å². The Morgan fingerprint density at radius 1 is 1.40 bits per heavy atom. The average Bonchev–Trinajstić information content (AvgIpc) is 2.25. The van der Waals surface area contributed by atoms with Crippen molar-refractivity contribution in [2.24, 2.45) is 0 Å². The largest absolute Gasteiger partial charge is 0.508 e. The minimum absolute atomic E-state index is 0.0158. The van der Waals surface area contributed by atoms with Gasteiger partial charge in [-0.3, -0.25) is 4.98 Å². The summed E-state index contributed by atoms with van der Waals surface area (Å²) in [5.41, 5.74) is 1.45. The van der Waals surface area contributed by atoms with Gasteiger partial charge < -0.3 is 5.11 Å². The summed E-state index contributed by atoms with van der Waals surface area (Å²) in [6.07, 6.45) is 8.54. The van der Waals surface area contributed by atoms with Gasteiger partial charge in [-0.2, -0.15) is 0 Å². The standard InChI is InChI=1S/C13H13NO/c1-3-6-12(11(2)15)8-9-13-7-4-5-10-14-13/h3-10,15H,1-2H2/b9-8+,12-6-. The van der Waals surface area contributed by atoms with Gasteiger partial charge in [-0.1, -0.05) is 31.4 Å². The lowest BCUT2D eigenvalue weighted by molar-refractivity contribution is 0.429. The van der Waals surface area contributed by atoms with Crippen LogP contribution in [0.4, 0.5) is 0 Å². The van der Waals surface area contributed by atoms with E-state index in [0.29, 0.717) is 5.57 Å². The van der Waals surface area contributed by atoms with Crippen LogP contribution in [0.2, 0.25) is 0 Å². The highest BCUT2D eigenvalue weighted by molar-refractivity contribution is 5.52. The van der Waals surface area contributed by atoms with Crippen LogP contribution < -0.4 is 0 Å². The molecule has 0 amide bonds. The molecule has 15 heavy (non-hydrogen) atoms. The molecule has 0 aliphatic heterocycles. The average molecular weight is 199 g/mol. The molecule has 2 nitrogen and oxygen atoms in total. The number of nitrogens with zero attached hydrogens (tertiary/aromatic N) is 1. The minimum atomic E-state index is 0.0158. The smallest absolute Gasteiger partial charge is 0.115 e. The summed E-state index contributed by atoms with van der Waals surface area (Å²) in [7, 11) is 0. The molecule has 0 radical (unpaired) electrons. The molecule has 1 N–H and O–H groups in total. The second-order valence-corrected chi connectivity index (χ2v) is 2.89. The fraction of sp³-hybridized carbons (Fsp3) is 0. The summed E-state index contributed by atoms with van der Waals surface area (Å²) in [6, 6.07) is 5.63. The highest BCUT2D eigenvalue weighted by Gasteiger charge is 1.93. The fourth-order valence-electron chi connectivity index (χ4n) is 1.02. The number of hydrogen-bond acceptors (Lipinski definition) is 2. The molecule has 1 aromatic rings. The second-order valence-electron chi connectivity index (χ2n) is 2.89. The van der Waals surface area contributed by atoms with Gasteiger partial charge in [-0.25, -0.2) is 0 Å². The summed E-state index contributed by atoms with van der Waals surface area (Å²) in [5, 5.41) is 9.24. The molecule has 0 aliphatic rings. The van der Waals surface area contributed by atoms with Gasteiger partial charge in [-0.05, 0) is 24.3 Å². The van der Waals surface area contributed by atoms with Crippen LogP contribution in [-0.4, -0.2) is 10.1 Å². The Hall–Kier alpha value is -2.09. The molecule has 0 atom stereocenters. The van der Waals surface area contributed by atoms with E-state index in [4.69, 9.17) is 0 Å². The lowest BCUT2D eigenvalue weighted by Crippen LogP contribution is -1.83. The molecule has 0 spiro atoms. The first-order valence-electron chi connectivity index (χ1n) is 4.54. The summed E-state index contributed by atoms with van der Waals surface area (Å²) < 4.78 is 0. The molecule has 1 heterocycles. The monoisotopic (exact) mass is 199 g/mol. The van der Waals surface area contributed by atoms with Gasteiger partial charge in [-0.15, -0.1) is 0 Å². The first kappa shape index (κ1) is 11.0. The van der Waals surface area contributed by atoms with Crippen molar-refractivity contribution in [1.82, 2.24) is 4.98 Å². The Morgan fingerprint density at radius 2 is 2.20 bits per heavy atom. The Morgan fingerprint density at radius 3 is 2.73 bits per heavy atom. The highest BCUT2D eigenvalue weighted by Crippen LogP contribution is 2.08. The quantitative estimate of drug-likeness (QED) is 0.596. The molecule has 0 saturated heterocycles. The molecule has 0 aliphatic carbocycles. The van der Waals surface area contributed by atoms with E-state index in [2.05, 4.69) is 18.1 Å². The van der Waals surface area contributed by atoms with Crippen LogP contribution in [0.15, 0.2) is 67.1 Å². The predicted octanol–water partition coefficient (Wildman–Crippen LogP) is 3.28. The van der Waals surface area contributed by atoms with Crippen molar-refractivity contribution in [3.63, 3.8) is 0 Å². The number of rotatable bonds is 4. The van der Waals surface area contributed by atoms with Crippen molar-refractivity contribution in [3.8, 4) is 0 Å². The molecule has 0 fully saturated rings. The third-order valence-electron chi connectivity index (χ3n) is 1.75. The summed E-state index contributed by atoms with van der Waals surface area (Å²) in [6.45, 7) is 7.01. The van der Waals surface area contributed by atoms with Gasteiger partial charge >= 0.3 is 0 Å². The first-order chi connectivity index (χ1) is 7.24. The van der Waals surface area contributed by atoms with Crippen molar-refractivity contribution >= 4 is 6.08 Å². The Bertz CT molecular complexity index is 402. The Balaban J connectivity index is 2.84. The number of aromatic nitrogens is 1. The van der Waals surface area contributed by atoms with Crippen molar-refractivity contribution in [2.75, 3.05) is 0 Å². The normalized spacial score (nSPS) is 11.6. The van der Waals surface area contributed by atoms with Crippen molar-refractivity contribution < 1.29 is 5.11 Å². The van der Waals surface area contributed by atoms with Crippen molar-refractivity contribution in [2.45, 2.75) is 0 Å². The molecule has 0 unspecified atom stereocenters. The molecule has 0 bridgehead atoms. The molecular weight excluding hydrogens is 186 g/mol. The lowest BCUT2D eigenvalue weighted by atomic mass is 10.2. The summed E-state index contributed by atoms with van der Waals surface area (Å²) in [5.74, 6) is 0.0158. The number of aliphatic hydroxyl groups is 1. The Labute approximate surface area is 89.6 Å². The van der Waals surface area contributed by atoms with Gasteiger partial charge in [0, 0.05) is 11.8 Å². The van der Waals surface area contributed by atoms with Gasteiger partial charge in [0.05, 0.1) is 5.69 Å². The maximum atomic E-state index is 9.24. The molecule has 1 rings (SSSR count). The SMILES string of the molecule is C=C/C=C(/C=C/c1ccccn1)C(=C)O. The van der Waals surface area contributed by atoms with E-state index < -0.39 is 0 Å². The van der Waals surface area contributed by atoms with Crippen LogP contribution in [0.25, 0.3) is 6.08 Å². The maximum absolute atomic E-state index is 9.24. The molecular formula is C13H13NO. The molecule has 1 aromatic heterocycles. The van der Waals surface area contributed by atoms with Crippen LogP contribution >= 0.6 is 0 Å². The molecule has 0 aromatic carbocycles. The van der Waals surface area contributed by atoms with Crippen LogP contribution in [0.3, 0.4) is 0 Å². The number of aliphatic hydroxyl groups excluding tert-OH is 1. The zero-order chi connectivity index (χ0) is 11.1. The summed E-state index contributed by atoms with van der Waals surface area (Å²) in [4.78, 5) is 4.12. The zero-order valence-corrected chi connectivity index (χ0v) is 8.43. The van der Waals surface area contributed by atoms with Gasteiger partial charge in [0.2, 0.25) is 0 Å². The van der Waals surface area contributed by atoms with E-state index in [-0.39, 0.29) is 5.76 Å². The van der Waals surface area contributed by atoms with Crippen LogP contribution in [0.5, 0.6) is 0 Å². The topological polar surface area (TPSA) is 33.1 Å². The van der Waals surface area contributed by atoms with E-state index in [9.17, 15) is 5.11 Å². The molecule has 76 valence electrons. The first-order valence-corrected chi connectivity index (χ1v) is 4.54. The maximum Gasteiger partial charge on any atom is 0.115 e. The minimum Gasteiger partial charge on any atom is -0.508 e. The van der Waals surface area contributed by atoms with Crippen LogP contribution in [0.1, 0.15) is 5.69 Å². The van der Waals surface area contributed by atoms with Crippen LogP contribution in [-0.2, 0) is 0 Å². The van der Waals surface area contributed by atoms with Crippen molar-refractivity contribution in [1.29, 1.82) is 0 Å². The number of pyridine rings is 1. The third-order valence-corrected chi connectivity index (χ3v) is 1.75. The van der Waals surface area contributed by atoms with E-state index in [1.807, 2.05) is 18.2 Å². The highest BCUT2D eigenvalue weighted by atomic mass is 16.3. The predicted molar refractivity (Wildman–Crippen MR) is 63.3 cm³/mol. The molecule has 2 heteroatoms. The van der Waals surface area contributed by atoms with E-state index in [0.717, 1.165) is 5.69 Å². The fourth-order valence-corrected chi connectivity index (χ4v) is 1.02. The van der Waals surface area contributed by atoms with Crippen molar-refractivity contribution in [3.05, 3.63) is 72.8 Å². The second kappa shape index (κ2) is 5.60. The summed E-state index contributed by atoms with van der Waals surface area (Å²) >= 11 is 0. The van der Waals surface area contributed by atoms with E-state index >= 15 is 0 Å². The van der Waals surface area contributed by atoms with Gasteiger partial charge in [0.15, 0.2) is 0 Å². The van der Waals surface area contributed by atoms with Gasteiger partial charge in [0.1, 0.15) is 5.76 Å². The van der Waals surface area contributed by atoms with E-state index in [1.54, 1.807) is 30.5 Å². The zero-order valence-electron chi connectivity index (χ0n) is 8.43. The number of hydrogen-bond donors (Lipinski definition) is 1. The molecule has 0 saturated carbocycles.